The largest absolute Gasteiger partial charge is 0.454 e. The monoisotopic (exact) mass is 407 g/mol. The topological polar surface area (TPSA) is 102 Å². The molecule has 156 valence electrons. The van der Waals surface area contributed by atoms with Crippen LogP contribution >= 0.6 is 0 Å². The van der Waals surface area contributed by atoms with Crippen LogP contribution in [0.1, 0.15) is 43.6 Å². The second kappa shape index (κ2) is 8.14. The van der Waals surface area contributed by atoms with Crippen molar-refractivity contribution in [2.75, 3.05) is 6.79 Å². The first kappa shape index (κ1) is 19.9. The predicted molar refractivity (Wildman–Crippen MR) is 111 cm³/mol. The molecule has 1 aromatic carbocycles. The lowest BCUT2D eigenvalue weighted by Crippen LogP contribution is -2.27. The van der Waals surface area contributed by atoms with E-state index in [1.54, 1.807) is 12.4 Å². The molecule has 2 N–H and O–H groups in total. The molecule has 1 amide bonds. The van der Waals surface area contributed by atoms with Gasteiger partial charge in [-0.1, -0.05) is 19.9 Å². The first-order valence-electron chi connectivity index (χ1n) is 9.92. The Balaban J connectivity index is 1.36. The van der Waals surface area contributed by atoms with Crippen molar-refractivity contribution >= 4 is 5.91 Å². The second-order valence-corrected chi connectivity index (χ2v) is 8.00. The van der Waals surface area contributed by atoms with Gasteiger partial charge in [0.15, 0.2) is 23.1 Å². The van der Waals surface area contributed by atoms with Crippen LogP contribution in [0.15, 0.2) is 36.7 Å². The molecule has 4 rings (SSSR count). The molecule has 0 saturated carbocycles. The van der Waals surface area contributed by atoms with Crippen LogP contribution in [-0.4, -0.2) is 32.6 Å². The summed E-state index contributed by atoms with van der Waals surface area (Å²) >= 11 is 0. The number of hydrogen-bond acceptors (Lipinski definition) is 6. The summed E-state index contributed by atoms with van der Waals surface area (Å²) in [6.07, 6.45) is 4.48. The number of imidazole rings is 1. The van der Waals surface area contributed by atoms with Crippen molar-refractivity contribution in [3.63, 3.8) is 0 Å². The van der Waals surface area contributed by atoms with Gasteiger partial charge in [-0.3, -0.25) is 4.79 Å². The molecule has 0 saturated heterocycles. The molecule has 0 radical (unpaired) electrons. The van der Waals surface area contributed by atoms with Crippen molar-refractivity contribution < 1.29 is 14.3 Å². The summed E-state index contributed by atoms with van der Waals surface area (Å²) < 4.78 is 10.7. The van der Waals surface area contributed by atoms with Crippen LogP contribution in [0.4, 0.5) is 0 Å². The number of carbonyl (C=O) groups is 1. The maximum atomic E-state index is 12.4. The molecule has 1 aliphatic heterocycles. The Kier molecular flexibility index (Phi) is 5.39. The van der Waals surface area contributed by atoms with Crippen molar-refractivity contribution in [2.24, 2.45) is 0 Å². The van der Waals surface area contributed by atoms with E-state index in [9.17, 15) is 4.79 Å². The molecular weight excluding hydrogens is 382 g/mol. The number of nitrogens with zero attached hydrogens (tertiary/aromatic N) is 3. The summed E-state index contributed by atoms with van der Waals surface area (Å²) in [7, 11) is 0. The van der Waals surface area contributed by atoms with Gasteiger partial charge in [0.05, 0.1) is 5.69 Å². The lowest BCUT2D eigenvalue weighted by molar-refractivity contribution is -0.121. The van der Waals surface area contributed by atoms with E-state index >= 15 is 0 Å². The van der Waals surface area contributed by atoms with Gasteiger partial charge < -0.3 is 19.8 Å². The third-order valence-corrected chi connectivity index (χ3v) is 5.16. The Hall–Kier alpha value is -3.42. The summed E-state index contributed by atoms with van der Waals surface area (Å²) in [6, 6.07) is 7.65. The van der Waals surface area contributed by atoms with E-state index < -0.39 is 0 Å². The van der Waals surface area contributed by atoms with Crippen molar-refractivity contribution in [2.45, 2.75) is 45.6 Å². The van der Waals surface area contributed by atoms with Crippen molar-refractivity contribution in [3.8, 4) is 23.1 Å². The number of benzene rings is 1. The molecule has 2 aromatic heterocycles. The molecule has 8 heteroatoms. The number of H-pyrrole nitrogens is 1. The lowest BCUT2D eigenvalue weighted by atomic mass is 9.83. The molecule has 0 aliphatic carbocycles. The Morgan fingerprint density at radius 1 is 1.20 bits per heavy atom. The number of fused-ring (bicyclic) bond motifs is 1. The Morgan fingerprint density at radius 2 is 2.03 bits per heavy atom. The number of rotatable bonds is 7. The fraction of sp³-hybridized carbons (Fsp3) is 0.364. The summed E-state index contributed by atoms with van der Waals surface area (Å²) in [4.78, 5) is 28.9. The molecule has 0 unspecified atom stereocenters. The average Bonchev–Trinajstić information content (AvgIpc) is 3.41. The van der Waals surface area contributed by atoms with Crippen LogP contribution < -0.4 is 14.8 Å². The first-order chi connectivity index (χ1) is 14.4. The zero-order valence-electron chi connectivity index (χ0n) is 17.4. The number of aromatic amines is 1. The SMILES string of the molecule is Cc1cc(C(C)(C)CCC(=O)NCc2ccc3c(c2)OCO3)nc(-c2ncc[nH]2)n1. The minimum Gasteiger partial charge on any atom is -0.454 e. The smallest absolute Gasteiger partial charge is 0.231 e. The normalized spacial score (nSPS) is 12.8. The van der Waals surface area contributed by atoms with E-state index in [1.165, 1.54) is 0 Å². The van der Waals surface area contributed by atoms with Gasteiger partial charge in [0.1, 0.15) is 0 Å². The average molecular weight is 407 g/mol. The molecule has 1 aliphatic rings. The van der Waals surface area contributed by atoms with Crippen LogP contribution in [-0.2, 0) is 16.8 Å². The maximum Gasteiger partial charge on any atom is 0.231 e. The quantitative estimate of drug-likeness (QED) is 0.623. The Bertz CT molecular complexity index is 1050. The lowest BCUT2D eigenvalue weighted by Gasteiger charge is -2.24. The number of aryl methyl sites for hydroxylation is 1. The number of nitrogens with one attached hydrogen (secondary N) is 2. The number of hydrogen-bond donors (Lipinski definition) is 2. The standard InChI is InChI=1S/C22H25N5O3/c1-14-10-18(27-21(26-14)20-23-8-9-24-20)22(2,3)7-6-19(28)25-12-15-4-5-16-17(11-15)30-13-29-16/h4-5,8-11H,6-7,12-13H2,1-3H3,(H,23,24)(H,25,28). The molecule has 8 nitrogen and oxygen atoms in total. The highest BCUT2D eigenvalue weighted by Gasteiger charge is 2.25. The molecule has 0 fully saturated rings. The molecule has 0 bridgehead atoms. The van der Waals surface area contributed by atoms with Crippen LogP contribution in [0.2, 0.25) is 0 Å². The Labute approximate surface area is 175 Å². The predicted octanol–water partition coefficient (Wildman–Crippen LogP) is 3.28. The van der Waals surface area contributed by atoms with E-state index in [-0.39, 0.29) is 18.1 Å². The van der Waals surface area contributed by atoms with Crippen LogP contribution in [0.5, 0.6) is 11.5 Å². The highest BCUT2D eigenvalue weighted by molar-refractivity contribution is 5.76. The van der Waals surface area contributed by atoms with Gasteiger partial charge in [-0.05, 0) is 37.1 Å². The van der Waals surface area contributed by atoms with E-state index in [2.05, 4.69) is 34.1 Å². The zero-order valence-corrected chi connectivity index (χ0v) is 17.4. The zero-order chi connectivity index (χ0) is 21.1. The number of carbonyl (C=O) groups excluding carboxylic acids is 1. The molecule has 0 spiro atoms. The van der Waals surface area contributed by atoms with Crippen LogP contribution in [0, 0.1) is 6.92 Å². The van der Waals surface area contributed by atoms with Gasteiger partial charge >= 0.3 is 0 Å². The fourth-order valence-electron chi connectivity index (χ4n) is 3.30. The fourth-order valence-corrected chi connectivity index (χ4v) is 3.30. The molecule has 3 heterocycles. The summed E-state index contributed by atoms with van der Waals surface area (Å²) in [6.45, 7) is 6.80. The number of ether oxygens (including phenoxy) is 2. The van der Waals surface area contributed by atoms with Crippen molar-refractivity contribution in [1.82, 2.24) is 25.3 Å². The molecule has 0 atom stereocenters. The minimum atomic E-state index is -0.287. The number of amides is 1. The Morgan fingerprint density at radius 3 is 2.83 bits per heavy atom. The van der Waals surface area contributed by atoms with E-state index in [1.807, 2.05) is 31.2 Å². The number of aromatic nitrogens is 4. The molecule has 3 aromatic rings. The maximum absolute atomic E-state index is 12.4. The highest BCUT2D eigenvalue weighted by Crippen LogP contribution is 2.32. The van der Waals surface area contributed by atoms with Gasteiger partial charge in [-0.25, -0.2) is 15.0 Å². The molecular formula is C22H25N5O3. The third kappa shape index (κ3) is 4.42. The summed E-state index contributed by atoms with van der Waals surface area (Å²) in [5.74, 6) is 2.65. The third-order valence-electron chi connectivity index (χ3n) is 5.16. The molecule has 30 heavy (non-hydrogen) atoms. The summed E-state index contributed by atoms with van der Waals surface area (Å²) in [5, 5.41) is 2.98. The minimum absolute atomic E-state index is 0.00206. The van der Waals surface area contributed by atoms with Gasteiger partial charge in [-0.2, -0.15) is 0 Å². The van der Waals surface area contributed by atoms with Crippen molar-refractivity contribution in [3.05, 3.63) is 53.6 Å². The van der Waals surface area contributed by atoms with E-state index in [0.29, 0.717) is 31.0 Å². The van der Waals surface area contributed by atoms with Crippen LogP contribution in [0.3, 0.4) is 0 Å². The van der Waals surface area contributed by atoms with E-state index in [4.69, 9.17) is 14.5 Å². The second-order valence-electron chi connectivity index (χ2n) is 8.00. The first-order valence-corrected chi connectivity index (χ1v) is 9.92. The van der Waals surface area contributed by atoms with Crippen LogP contribution in [0.25, 0.3) is 11.6 Å². The van der Waals surface area contributed by atoms with Gasteiger partial charge in [0, 0.05) is 36.5 Å². The van der Waals surface area contributed by atoms with Gasteiger partial charge in [-0.15, -0.1) is 0 Å². The van der Waals surface area contributed by atoms with E-state index in [0.717, 1.165) is 28.5 Å². The highest BCUT2D eigenvalue weighted by atomic mass is 16.7. The summed E-state index contributed by atoms with van der Waals surface area (Å²) in [5.41, 5.74) is 2.45. The van der Waals surface area contributed by atoms with Gasteiger partial charge in [0.2, 0.25) is 12.7 Å². The van der Waals surface area contributed by atoms with Gasteiger partial charge in [0.25, 0.3) is 0 Å². The van der Waals surface area contributed by atoms with Crippen molar-refractivity contribution in [1.29, 1.82) is 0 Å².